The zero-order valence-electron chi connectivity index (χ0n) is 12.6. The number of nitrogens with one attached hydrogen (secondary N) is 1. The molecule has 0 aliphatic heterocycles. The molecule has 0 bridgehead atoms. The fraction of sp³-hybridized carbons (Fsp3) is 0.250. The number of nitrogens with zero attached hydrogens (tertiary/aromatic N) is 1. The number of aliphatic hydroxyl groups is 1. The molecule has 0 aliphatic rings. The second kappa shape index (κ2) is 6.29. The molecule has 7 heteroatoms. The van der Waals surface area contributed by atoms with Crippen molar-refractivity contribution >= 4 is 5.91 Å². The summed E-state index contributed by atoms with van der Waals surface area (Å²) in [6.07, 6.45) is 1.35. The van der Waals surface area contributed by atoms with Crippen LogP contribution in [0.3, 0.4) is 0 Å². The molecular weight excluding hydrogens is 306 g/mol. The molecule has 2 aromatic rings. The molecule has 0 spiro atoms. The highest BCUT2D eigenvalue weighted by molar-refractivity contribution is 5.93. The number of pyridine rings is 1. The Labute approximate surface area is 131 Å². The van der Waals surface area contributed by atoms with Gasteiger partial charge >= 0.3 is 0 Å². The number of rotatable bonds is 4. The largest absolute Gasteiger partial charge is 0.383 e. The van der Waals surface area contributed by atoms with Crippen LogP contribution in [0.15, 0.2) is 41.3 Å². The van der Waals surface area contributed by atoms with Crippen LogP contribution < -0.4 is 10.9 Å². The lowest BCUT2D eigenvalue weighted by Crippen LogP contribution is -2.39. The highest BCUT2D eigenvalue weighted by atomic mass is 19.1. The molecule has 5 nitrogen and oxygen atoms in total. The van der Waals surface area contributed by atoms with E-state index in [0.717, 1.165) is 12.1 Å². The number of aryl methyl sites for hydroxylation is 1. The Hall–Kier alpha value is -2.54. The normalized spacial score (nSPS) is 13.4. The molecule has 0 saturated heterocycles. The van der Waals surface area contributed by atoms with E-state index in [0.29, 0.717) is 6.07 Å². The Balaban J connectivity index is 2.13. The highest BCUT2D eigenvalue weighted by Crippen LogP contribution is 2.23. The first-order valence-corrected chi connectivity index (χ1v) is 6.83. The van der Waals surface area contributed by atoms with Crippen molar-refractivity contribution in [2.24, 2.45) is 7.05 Å². The number of carbonyl (C=O) groups is 1. The molecule has 2 rings (SSSR count). The van der Waals surface area contributed by atoms with E-state index in [1.54, 1.807) is 0 Å². The monoisotopic (exact) mass is 322 g/mol. The van der Waals surface area contributed by atoms with Crippen molar-refractivity contribution in [1.82, 2.24) is 9.88 Å². The van der Waals surface area contributed by atoms with Crippen LogP contribution in [0.1, 0.15) is 22.8 Å². The summed E-state index contributed by atoms with van der Waals surface area (Å²) >= 11 is 0. The van der Waals surface area contributed by atoms with E-state index in [1.165, 1.54) is 36.9 Å². The fourth-order valence-electron chi connectivity index (χ4n) is 2.10. The lowest BCUT2D eigenvalue weighted by Gasteiger charge is -2.24. The first kappa shape index (κ1) is 16.8. The van der Waals surface area contributed by atoms with E-state index >= 15 is 0 Å². The van der Waals surface area contributed by atoms with E-state index in [2.05, 4.69) is 5.32 Å². The summed E-state index contributed by atoms with van der Waals surface area (Å²) in [4.78, 5) is 23.3. The summed E-state index contributed by atoms with van der Waals surface area (Å²) in [5.41, 5.74) is -1.88. The number of aromatic nitrogens is 1. The number of halogens is 2. The third-order valence-electron chi connectivity index (χ3n) is 3.45. The van der Waals surface area contributed by atoms with Gasteiger partial charge in [-0.1, -0.05) is 6.07 Å². The quantitative estimate of drug-likeness (QED) is 0.891. The SMILES string of the molecule is Cn1cc(C(=O)NCC(C)(O)c2ccc(F)cc2F)ccc1=O. The zero-order chi connectivity index (χ0) is 17.2. The Bertz CT molecular complexity index is 800. The number of benzene rings is 1. The maximum Gasteiger partial charge on any atom is 0.252 e. The van der Waals surface area contributed by atoms with Gasteiger partial charge in [0.05, 0.1) is 12.1 Å². The standard InChI is InChI=1S/C16H16F2N2O3/c1-16(23,12-5-4-11(17)7-13(12)18)9-19-15(22)10-3-6-14(21)20(2)8-10/h3-8,23H,9H2,1-2H3,(H,19,22). The molecule has 1 heterocycles. The third-order valence-corrected chi connectivity index (χ3v) is 3.45. The highest BCUT2D eigenvalue weighted by Gasteiger charge is 2.27. The molecule has 1 aromatic heterocycles. The van der Waals surface area contributed by atoms with Crippen molar-refractivity contribution in [2.75, 3.05) is 6.54 Å². The van der Waals surface area contributed by atoms with Gasteiger partial charge in [-0.15, -0.1) is 0 Å². The topological polar surface area (TPSA) is 71.3 Å². The van der Waals surface area contributed by atoms with Crippen LogP contribution in [0.25, 0.3) is 0 Å². The summed E-state index contributed by atoms with van der Waals surface area (Å²) < 4.78 is 27.9. The van der Waals surface area contributed by atoms with Crippen molar-refractivity contribution < 1.29 is 18.7 Å². The number of hydrogen-bond acceptors (Lipinski definition) is 3. The van der Waals surface area contributed by atoms with Gasteiger partial charge in [-0.3, -0.25) is 9.59 Å². The first-order valence-electron chi connectivity index (χ1n) is 6.83. The minimum Gasteiger partial charge on any atom is -0.383 e. The van der Waals surface area contributed by atoms with E-state index in [4.69, 9.17) is 0 Å². The van der Waals surface area contributed by atoms with Crippen molar-refractivity contribution in [1.29, 1.82) is 0 Å². The average Bonchev–Trinajstić information content (AvgIpc) is 2.47. The molecule has 23 heavy (non-hydrogen) atoms. The maximum absolute atomic E-state index is 13.7. The summed E-state index contributed by atoms with van der Waals surface area (Å²) in [5, 5.41) is 12.8. The molecule has 122 valence electrons. The second-order valence-corrected chi connectivity index (χ2v) is 5.45. The minimum atomic E-state index is -1.71. The van der Waals surface area contributed by atoms with Crippen LogP contribution in [0, 0.1) is 11.6 Å². The number of hydrogen-bond donors (Lipinski definition) is 2. The van der Waals surface area contributed by atoms with Crippen molar-refractivity contribution in [2.45, 2.75) is 12.5 Å². The zero-order valence-corrected chi connectivity index (χ0v) is 12.6. The van der Waals surface area contributed by atoms with E-state index in [1.807, 2.05) is 0 Å². The predicted octanol–water partition coefficient (Wildman–Crippen LogP) is 1.30. The molecule has 1 atom stereocenters. The molecule has 2 N–H and O–H groups in total. The molecule has 0 radical (unpaired) electrons. The molecule has 0 saturated carbocycles. The lowest BCUT2D eigenvalue weighted by molar-refractivity contribution is 0.0494. The molecule has 1 aromatic carbocycles. The summed E-state index contributed by atoms with van der Waals surface area (Å²) in [6.45, 7) is 1.03. The Morgan fingerprint density at radius 2 is 2.00 bits per heavy atom. The van der Waals surface area contributed by atoms with Gasteiger partial charge in [0.2, 0.25) is 5.56 Å². The van der Waals surface area contributed by atoms with Crippen molar-refractivity contribution in [3.05, 3.63) is 69.6 Å². The fourth-order valence-corrected chi connectivity index (χ4v) is 2.10. The van der Waals surface area contributed by atoms with Crippen LogP contribution in [-0.2, 0) is 12.6 Å². The summed E-state index contributed by atoms with van der Waals surface area (Å²) in [7, 11) is 1.50. The van der Waals surface area contributed by atoms with Gasteiger partial charge in [-0.25, -0.2) is 8.78 Å². The summed E-state index contributed by atoms with van der Waals surface area (Å²) in [6, 6.07) is 5.42. The van der Waals surface area contributed by atoms with Gasteiger partial charge in [0.1, 0.15) is 17.2 Å². The number of amides is 1. The minimum absolute atomic E-state index is 0.125. The Morgan fingerprint density at radius 3 is 2.61 bits per heavy atom. The third kappa shape index (κ3) is 3.81. The molecular formula is C16H16F2N2O3. The van der Waals surface area contributed by atoms with Crippen LogP contribution in [-0.4, -0.2) is 22.1 Å². The second-order valence-electron chi connectivity index (χ2n) is 5.45. The van der Waals surface area contributed by atoms with Crippen LogP contribution in [0.5, 0.6) is 0 Å². The number of carbonyl (C=O) groups excluding carboxylic acids is 1. The van der Waals surface area contributed by atoms with Crippen LogP contribution in [0.4, 0.5) is 8.78 Å². The van der Waals surface area contributed by atoms with Crippen LogP contribution >= 0.6 is 0 Å². The van der Waals surface area contributed by atoms with Crippen molar-refractivity contribution in [3.8, 4) is 0 Å². The van der Waals surface area contributed by atoms with E-state index in [9.17, 15) is 23.5 Å². The lowest BCUT2D eigenvalue weighted by atomic mass is 9.95. The van der Waals surface area contributed by atoms with Gasteiger partial charge in [-0.05, 0) is 19.1 Å². The van der Waals surface area contributed by atoms with E-state index in [-0.39, 0.29) is 23.2 Å². The van der Waals surface area contributed by atoms with Gasteiger partial charge in [0, 0.05) is 30.9 Å². The molecule has 0 fully saturated rings. The predicted molar refractivity (Wildman–Crippen MR) is 79.9 cm³/mol. The maximum atomic E-state index is 13.7. The van der Waals surface area contributed by atoms with Gasteiger partial charge < -0.3 is 15.0 Å². The van der Waals surface area contributed by atoms with Gasteiger partial charge in [0.25, 0.3) is 5.91 Å². The van der Waals surface area contributed by atoms with Crippen molar-refractivity contribution in [3.63, 3.8) is 0 Å². The molecule has 0 aliphatic carbocycles. The summed E-state index contributed by atoms with van der Waals surface area (Å²) in [5.74, 6) is -2.17. The van der Waals surface area contributed by atoms with E-state index < -0.39 is 23.1 Å². The van der Waals surface area contributed by atoms with Gasteiger partial charge in [0.15, 0.2) is 0 Å². The van der Waals surface area contributed by atoms with Gasteiger partial charge in [-0.2, -0.15) is 0 Å². The first-order chi connectivity index (χ1) is 10.7. The smallest absolute Gasteiger partial charge is 0.252 e. The molecule has 1 unspecified atom stereocenters. The molecule has 1 amide bonds. The van der Waals surface area contributed by atoms with Crippen LogP contribution in [0.2, 0.25) is 0 Å². The average molecular weight is 322 g/mol. The Kier molecular flexibility index (Phi) is 4.60. The Morgan fingerprint density at radius 1 is 1.30 bits per heavy atom.